The lowest BCUT2D eigenvalue weighted by Gasteiger charge is -2.37. The number of esters is 1. The highest BCUT2D eigenvalue weighted by molar-refractivity contribution is 5.80. The van der Waals surface area contributed by atoms with Crippen LogP contribution in [0.3, 0.4) is 0 Å². The minimum absolute atomic E-state index is 0.209. The molecule has 0 saturated carbocycles. The summed E-state index contributed by atoms with van der Waals surface area (Å²) in [4.78, 5) is 14.1. The van der Waals surface area contributed by atoms with Gasteiger partial charge in [0.1, 0.15) is 5.54 Å². The lowest BCUT2D eigenvalue weighted by Crippen LogP contribution is -2.57. The van der Waals surface area contributed by atoms with E-state index in [9.17, 15) is 4.79 Å². The Kier molecular flexibility index (Phi) is 6.05. The molecule has 1 saturated heterocycles. The molecule has 1 aliphatic rings. The summed E-state index contributed by atoms with van der Waals surface area (Å²) in [5.74, 6) is 0.362. The van der Waals surface area contributed by atoms with Crippen LogP contribution in [0.25, 0.3) is 0 Å². The van der Waals surface area contributed by atoms with Crippen molar-refractivity contribution in [2.75, 3.05) is 47.5 Å². The maximum atomic E-state index is 11.8. The number of nitrogens with zero attached hydrogens (tertiary/aromatic N) is 1. The summed E-state index contributed by atoms with van der Waals surface area (Å²) in [6, 6.07) is 0. The summed E-state index contributed by atoms with van der Waals surface area (Å²) in [5, 5.41) is 3.08. The molecule has 1 fully saturated rings. The lowest BCUT2D eigenvalue weighted by atomic mass is 9.95. The quantitative estimate of drug-likeness (QED) is 0.703. The number of hydrogen-bond donors (Lipinski definition) is 1. The molecule has 18 heavy (non-hydrogen) atoms. The molecule has 0 aromatic carbocycles. The topological polar surface area (TPSA) is 50.8 Å². The first-order valence-corrected chi connectivity index (χ1v) is 6.54. The van der Waals surface area contributed by atoms with Crippen LogP contribution in [0.1, 0.15) is 19.8 Å². The largest absolute Gasteiger partial charge is 0.468 e. The molecular formula is C13H26N2O3. The number of methoxy groups -OCH3 is 2. The lowest BCUT2D eigenvalue weighted by molar-refractivity contribution is -0.148. The van der Waals surface area contributed by atoms with E-state index < -0.39 is 5.54 Å². The van der Waals surface area contributed by atoms with Crippen LogP contribution in [-0.4, -0.2) is 63.9 Å². The summed E-state index contributed by atoms with van der Waals surface area (Å²) in [6.07, 6.45) is 2.37. The van der Waals surface area contributed by atoms with Gasteiger partial charge in [-0.3, -0.25) is 4.79 Å². The number of carbonyl (C=O) groups excluding carboxylic acids is 1. The van der Waals surface area contributed by atoms with Gasteiger partial charge >= 0.3 is 5.97 Å². The van der Waals surface area contributed by atoms with Gasteiger partial charge in [-0.2, -0.15) is 0 Å². The fourth-order valence-corrected chi connectivity index (χ4v) is 2.58. The molecule has 5 nitrogen and oxygen atoms in total. The van der Waals surface area contributed by atoms with Crippen molar-refractivity contribution in [2.45, 2.75) is 25.3 Å². The highest BCUT2D eigenvalue weighted by Crippen LogP contribution is 2.19. The summed E-state index contributed by atoms with van der Waals surface area (Å²) in [7, 11) is 4.97. The molecule has 0 aromatic rings. The van der Waals surface area contributed by atoms with E-state index in [-0.39, 0.29) is 5.97 Å². The van der Waals surface area contributed by atoms with Gasteiger partial charge in [-0.1, -0.05) is 0 Å². The Balaban J connectivity index is 2.56. The average Bonchev–Trinajstić information content (AvgIpc) is 2.38. The van der Waals surface area contributed by atoms with E-state index in [0.717, 1.165) is 26.1 Å². The Morgan fingerprint density at radius 3 is 2.78 bits per heavy atom. The first kappa shape index (κ1) is 15.4. The molecule has 0 bridgehead atoms. The van der Waals surface area contributed by atoms with Crippen molar-refractivity contribution in [1.82, 2.24) is 10.2 Å². The van der Waals surface area contributed by atoms with E-state index in [1.165, 1.54) is 13.5 Å². The van der Waals surface area contributed by atoms with E-state index in [1.807, 2.05) is 6.92 Å². The zero-order chi connectivity index (χ0) is 13.6. The Hall–Kier alpha value is -0.650. The number of likely N-dealkylation sites (N-methyl/N-ethyl adjacent to an activating group) is 1. The highest BCUT2D eigenvalue weighted by Gasteiger charge is 2.35. The van der Waals surface area contributed by atoms with Crippen molar-refractivity contribution in [3.63, 3.8) is 0 Å². The minimum Gasteiger partial charge on any atom is -0.468 e. The van der Waals surface area contributed by atoms with Gasteiger partial charge in [0.05, 0.1) is 13.7 Å². The van der Waals surface area contributed by atoms with Crippen LogP contribution in [0, 0.1) is 5.92 Å². The molecule has 1 N–H and O–H groups in total. The van der Waals surface area contributed by atoms with E-state index in [0.29, 0.717) is 12.5 Å². The van der Waals surface area contributed by atoms with Gasteiger partial charge in [-0.15, -0.1) is 0 Å². The number of piperidine rings is 1. The van der Waals surface area contributed by atoms with Gasteiger partial charge in [-0.05, 0) is 39.3 Å². The van der Waals surface area contributed by atoms with Crippen LogP contribution in [-0.2, 0) is 14.3 Å². The van der Waals surface area contributed by atoms with Crippen LogP contribution in [0.15, 0.2) is 0 Å². The van der Waals surface area contributed by atoms with Gasteiger partial charge in [-0.25, -0.2) is 0 Å². The summed E-state index contributed by atoms with van der Waals surface area (Å²) in [5.41, 5.74) is -0.635. The standard InChI is InChI=1S/C13H26N2O3/c1-13(14-2,12(16)18-4)10-15-7-5-6-11(8-15)9-17-3/h11,14H,5-10H2,1-4H3. The number of rotatable bonds is 6. The van der Waals surface area contributed by atoms with E-state index in [4.69, 9.17) is 9.47 Å². The van der Waals surface area contributed by atoms with Gasteiger partial charge in [0, 0.05) is 20.2 Å². The molecule has 5 heteroatoms. The van der Waals surface area contributed by atoms with Gasteiger partial charge in [0.2, 0.25) is 0 Å². The van der Waals surface area contributed by atoms with Crippen LogP contribution >= 0.6 is 0 Å². The highest BCUT2D eigenvalue weighted by atomic mass is 16.5. The average molecular weight is 258 g/mol. The summed E-state index contributed by atoms with van der Waals surface area (Å²) < 4.78 is 10.1. The Bertz CT molecular complexity index is 271. The molecule has 0 aliphatic carbocycles. The van der Waals surface area contributed by atoms with E-state index >= 15 is 0 Å². The number of likely N-dealkylation sites (tertiary alicyclic amines) is 1. The second-order valence-corrected chi connectivity index (χ2v) is 5.27. The number of nitrogens with one attached hydrogen (secondary N) is 1. The van der Waals surface area contributed by atoms with Crippen LogP contribution in [0.5, 0.6) is 0 Å². The molecule has 2 unspecified atom stereocenters. The molecule has 0 amide bonds. The van der Waals surface area contributed by atoms with Gasteiger partial charge in [0.25, 0.3) is 0 Å². The molecule has 1 aliphatic heterocycles. The summed E-state index contributed by atoms with van der Waals surface area (Å²) in [6.45, 7) is 5.39. The normalized spacial score (nSPS) is 24.6. The first-order chi connectivity index (χ1) is 8.55. The summed E-state index contributed by atoms with van der Waals surface area (Å²) >= 11 is 0. The zero-order valence-corrected chi connectivity index (χ0v) is 12.0. The number of ether oxygens (including phenoxy) is 2. The van der Waals surface area contributed by atoms with E-state index in [1.54, 1.807) is 14.2 Å². The van der Waals surface area contributed by atoms with Crippen molar-refractivity contribution < 1.29 is 14.3 Å². The predicted molar refractivity (Wildman–Crippen MR) is 70.5 cm³/mol. The van der Waals surface area contributed by atoms with E-state index in [2.05, 4.69) is 10.2 Å². The Labute approximate surface area is 110 Å². The fourth-order valence-electron chi connectivity index (χ4n) is 2.58. The van der Waals surface area contributed by atoms with Crippen LogP contribution in [0.2, 0.25) is 0 Å². The smallest absolute Gasteiger partial charge is 0.327 e. The SMILES string of the molecule is CNC(C)(CN1CCCC(COC)C1)C(=O)OC. The van der Waals surface area contributed by atoms with Crippen molar-refractivity contribution in [2.24, 2.45) is 5.92 Å². The zero-order valence-electron chi connectivity index (χ0n) is 12.0. The molecule has 0 aromatic heterocycles. The molecule has 106 valence electrons. The third-order valence-electron chi connectivity index (χ3n) is 3.73. The predicted octanol–water partition coefficient (Wildman–Crippen LogP) is 0.496. The van der Waals surface area contributed by atoms with Gasteiger partial charge in [0.15, 0.2) is 0 Å². The number of hydrogen-bond acceptors (Lipinski definition) is 5. The molecule has 2 atom stereocenters. The van der Waals surface area contributed by atoms with Gasteiger partial charge < -0.3 is 19.7 Å². The third-order valence-corrected chi connectivity index (χ3v) is 3.73. The van der Waals surface area contributed by atoms with Crippen molar-refractivity contribution in [3.05, 3.63) is 0 Å². The van der Waals surface area contributed by atoms with Crippen LogP contribution < -0.4 is 5.32 Å². The molecule has 1 rings (SSSR count). The Morgan fingerprint density at radius 2 is 2.22 bits per heavy atom. The fraction of sp³-hybridized carbons (Fsp3) is 0.923. The maximum Gasteiger partial charge on any atom is 0.327 e. The number of carbonyl (C=O) groups is 1. The Morgan fingerprint density at radius 1 is 1.50 bits per heavy atom. The van der Waals surface area contributed by atoms with Crippen molar-refractivity contribution >= 4 is 5.97 Å². The second kappa shape index (κ2) is 7.07. The molecule has 0 spiro atoms. The maximum absolute atomic E-state index is 11.8. The van der Waals surface area contributed by atoms with Crippen molar-refractivity contribution in [1.29, 1.82) is 0 Å². The van der Waals surface area contributed by atoms with Crippen molar-refractivity contribution in [3.8, 4) is 0 Å². The minimum atomic E-state index is -0.635. The molecule has 1 heterocycles. The monoisotopic (exact) mass is 258 g/mol. The first-order valence-electron chi connectivity index (χ1n) is 6.54. The van der Waals surface area contributed by atoms with Crippen LogP contribution in [0.4, 0.5) is 0 Å². The molecule has 0 radical (unpaired) electrons. The molecular weight excluding hydrogens is 232 g/mol. The second-order valence-electron chi connectivity index (χ2n) is 5.27. The third kappa shape index (κ3) is 3.93.